The zero-order valence-corrected chi connectivity index (χ0v) is 10.5. The van der Waals surface area contributed by atoms with Crippen LogP contribution in [-0.4, -0.2) is 37.4 Å². The third-order valence-electron chi connectivity index (χ3n) is 2.20. The van der Waals surface area contributed by atoms with Gasteiger partial charge in [-0.3, -0.25) is 0 Å². The van der Waals surface area contributed by atoms with E-state index in [1.165, 1.54) is 4.31 Å². The molecule has 0 aromatic carbocycles. The topological polar surface area (TPSA) is 75.4 Å². The van der Waals surface area contributed by atoms with E-state index in [1.807, 2.05) is 20.8 Å². The van der Waals surface area contributed by atoms with Crippen LogP contribution in [0.2, 0.25) is 0 Å². The van der Waals surface area contributed by atoms with Crippen molar-refractivity contribution in [1.29, 1.82) is 0 Å². The normalized spacial score (nSPS) is 25.5. The molecule has 6 heteroatoms. The van der Waals surface area contributed by atoms with Crippen LogP contribution in [0.15, 0.2) is 0 Å². The first-order valence-corrected chi connectivity index (χ1v) is 6.69. The molecule has 90 valence electrons. The van der Waals surface area contributed by atoms with E-state index < -0.39 is 15.7 Å². The lowest BCUT2D eigenvalue weighted by Crippen LogP contribution is -2.53. The van der Waals surface area contributed by atoms with Gasteiger partial charge >= 0.3 is 0 Å². The molecule has 1 aliphatic rings. The van der Waals surface area contributed by atoms with Crippen molar-refractivity contribution in [1.82, 2.24) is 9.03 Å². The second kappa shape index (κ2) is 4.37. The Kier molecular flexibility index (Phi) is 3.76. The third-order valence-corrected chi connectivity index (χ3v) is 4.08. The number of hydrogen-bond donors (Lipinski definition) is 2. The molecule has 0 aromatic rings. The summed E-state index contributed by atoms with van der Waals surface area (Å²) in [5, 5.41) is 0. The molecule has 0 saturated carbocycles. The Labute approximate surface area is 92.2 Å². The zero-order chi connectivity index (χ0) is 11.7. The molecule has 1 atom stereocenters. The van der Waals surface area contributed by atoms with E-state index in [2.05, 4.69) is 4.72 Å². The summed E-state index contributed by atoms with van der Waals surface area (Å²) in [5.74, 6) is 0. The van der Waals surface area contributed by atoms with Crippen LogP contribution in [-0.2, 0) is 10.2 Å². The van der Waals surface area contributed by atoms with E-state index in [0.29, 0.717) is 13.1 Å². The predicted molar refractivity (Wildman–Crippen MR) is 60.6 cm³/mol. The quantitative estimate of drug-likeness (QED) is 0.709. The number of nitrogens with zero attached hydrogens (tertiary/aromatic N) is 1. The minimum absolute atomic E-state index is 0.0321. The number of piperidine rings is 1. The van der Waals surface area contributed by atoms with Crippen LogP contribution in [0.3, 0.4) is 0 Å². The van der Waals surface area contributed by atoms with Crippen LogP contribution in [0.25, 0.3) is 0 Å². The zero-order valence-electron chi connectivity index (χ0n) is 9.66. The summed E-state index contributed by atoms with van der Waals surface area (Å²) >= 11 is 0. The van der Waals surface area contributed by atoms with Gasteiger partial charge in [-0.1, -0.05) is 0 Å². The molecule has 0 aromatic heterocycles. The van der Waals surface area contributed by atoms with Crippen LogP contribution in [0.5, 0.6) is 0 Å². The van der Waals surface area contributed by atoms with Crippen molar-refractivity contribution in [2.45, 2.75) is 45.2 Å². The van der Waals surface area contributed by atoms with Crippen molar-refractivity contribution < 1.29 is 8.42 Å². The van der Waals surface area contributed by atoms with Crippen molar-refractivity contribution in [3.63, 3.8) is 0 Å². The van der Waals surface area contributed by atoms with Crippen molar-refractivity contribution in [3.8, 4) is 0 Å². The maximum absolute atomic E-state index is 11.9. The lowest BCUT2D eigenvalue weighted by atomic mass is 10.1. The van der Waals surface area contributed by atoms with E-state index in [1.54, 1.807) is 0 Å². The third kappa shape index (κ3) is 4.06. The van der Waals surface area contributed by atoms with Gasteiger partial charge in [-0.2, -0.15) is 17.4 Å². The molecule has 0 unspecified atom stereocenters. The molecule has 0 radical (unpaired) electrons. The highest BCUT2D eigenvalue weighted by Crippen LogP contribution is 2.13. The lowest BCUT2D eigenvalue weighted by molar-refractivity contribution is 0.306. The summed E-state index contributed by atoms with van der Waals surface area (Å²) in [6.07, 6.45) is 1.74. The van der Waals surface area contributed by atoms with Gasteiger partial charge in [0.1, 0.15) is 0 Å². The molecule has 15 heavy (non-hydrogen) atoms. The summed E-state index contributed by atoms with van der Waals surface area (Å²) in [4.78, 5) is 0. The lowest BCUT2D eigenvalue weighted by Gasteiger charge is -2.32. The Balaban J connectivity index is 2.69. The second-order valence-electron chi connectivity index (χ2n) is 5.12. The molecule has 0 amide bonds. The smallest absolute Gasteiger partial charge is 0.279 e. The fourth-order valence-corrected chi connectivity index (χ4v) is 3.30. The van der Waals surface area contributed by atoms with Gasteiger partial charge < -0.3 is 5.73 Å². The molecule has 0 aliphatic carbocycles. The number of rotatable bonds is 2. The van der Waals surface area contributed by atoms with Crippen LogP contribution in [0, 0.1) is 0 Å². The van der Waals surface area contributed by atoms with Gasteiger partial charge in [0.15, 0.2) is 0 Å². The van der Waals surface area contributed by atoms with Crippen LogP contribution < -0.4 is 10.5 Å². The summed E-state index contributed by atoms with van der Waals surface area (Å²) < 4.78 is 27.9. The van der Waals surface area contributed by atoms with Gasteiger partial charge in [-0.05, 0) is 33.6 Å². The molecule has 1 saturated heterocycles. The fourth-order valence-electron chi connectivity index (χ4n) is 1.64. The van der Waals surface area contributed by atoms with E-state index in [-0.39, 0.29) is 6.04 Å². The summed E-state index contributed by atoms with van der Waals surface area (Å²) in [7, 11) is -3.37. The molecule has 1 rings (SSSR count). The van der Waals surface area contributed by atoms with E-state index in [0.717, 1.165) is 12.8 Å². The monoisotopic (exact) mass is 235 g/mol. The van der Waals surface area contributed by atoms with Crippen molar-refractivity contribution >= 4 is 10.2 Å². The largest absolute Gasteiger partial charge is 0.327 e. The minimum Gasteiger partial charge on any atom is -0.327 e. The van der Waals surface area contributed by atoms with Crippen molar-refractivity contribution in [2.24, 2.45) is 5.73 Å². The maximum Gasteiger partial charge on any atom is 0.279 e. The van der Waals surface area contributed by atoms with Crippen molar-refractivity contribution in [3.05, 3.63) is 0 Å². The predicted octanol–water partition coefficient (Wildman–Crippen LogP) is 0.0424. The first-order chi connectivity index (χ1) is 6.71. The van der Waals surface area contributed by atoms with E-state index >= 15 is 0 Å². The number of hydrogen-bond acceptors (Lipinski definition) is 3. The molecule has 5 nitrogen and oxygen atoms in total. The van der Waals surface area contributed by atoms with Gasteiger partial charge in [-0.25, -0.2) is 0 Å². The molecule has 0 bridgehead atoms. The standard InChI is InChI=1S/C9H21N3O2S/c1-9(2,3)11-15(13,14)12-6-4-5-8(10)7-12/h8,11H,4-7,10H2,1-3H3/t8-/m1/s1. The Bertz CT molecular complexity index is 308. The van der Waals surface area contributed by atoms with E-state index in [9.17, 15) is 8.42 Å². The second-order valence-corrected chi connectivity index (χ2v) is 6.79. The summed E-state index contributed by atoms with van der Waals surface area (Å²) in [5.41, 5.74) is 5.31. The van der Waals surface area contributed by atoms with Gasteiger partial charge in [-0.15, -0.1) is 0 Å². The highest BCUT2D eigenvalue weighted by atomic mass is 32.2. The first kappa shape index (κ1) is 12.9. The van der Waals surface area contributed by atoms with Crippen LogP contribution >= 0.6 is 0 Å². The summed E-state index contributed by atoms with van der Waals surface area (Å²) in [6.45, 7) is 6.47. The molecule has 0 spiro atoms. The summed E-state index contributed by atoms with van der Waals surface area (Å²) in [6, 6.07) is -0.0321. The molecule has 1 fully saturated rings. The van der Waals surface area contributed by atoms with Gasteiger partial charge in [0.25, 0.3) is 10.2 Å². The highest BCUT2D eigenvalue weighted by Gasteiger charge is 2.30. The van der Waals surface area contributed by atoms with Crippen molar-refractivity contribution in [2.75, 3.05) is 13.1 Å². The fraction of sp³-hybridized carbons (Fsp3) is 1.00. The average Bonchev–Trinajstić information content (AvgIpc) is 1.99. The van der Waals surface area contributed by atoms with Crippen LogP contribution in [0.1, 0.15) is 33.6 Å². The minimum atomic E-state index is -3.37. The van der Waals surface area contributed by atoms with E-state index in [4.69, 9.17) is 5.73 Å². The van der Waals surface area contributed by atoms with Gasteiger partial charge in [0.05, 0.1) is 0 Å². The molecular formula is C9H21N3O2S. The van der Waals surface area contributed by atoms with Gasteiger partial charge in [0, 0.05) is 24.7 Å². The Morgan fingerprint density at radius 1 is 1.40 bits per heavy atom. The maximum atomic E-state index is 11.9. The molecule has 1 aliphatic heterocycles. The van der Waals surface area contributed by atoms with Gasteiger partial charge in [0.2, 0.25) is 0 Å². The molecular weight excluding hydrogens is 214 g/mol. The molecule has 1 heterocycles. The number of nitrogens with one attached hydrogen (secondary N) is 1. The molecule has 3 N–H and O–H groups in total. The average molecular weight is 235 g/mol. The Morgan fingerprint density at radius 3 is 2.47 bits per heavy atom. The van der Waals surface area contributed by atoms with Crippen LogP contribution in [0.4, 0.5) is 0 Å². The SMILES string of the molecule is CC(C)(C)NS(=O)(=O)N1CCC[C@@H](N)C1. The highest BCUT2D eigenvalue weighted by molar-refractivity contribution is 7.87. The number of nitrogens with two attached hydrogens (primary N) is 1. The Morgan fingerprint density at radius 2 is 2.00 bits per heavy atom. The Hall–Kier alpha value is -0.170. The first-order valence-electron chi connectivity index (χ1n) is 5.25.